The van der Waals surface area contributed by atoms with Crippen LogP contribution in [-0.4, -0.2) is 53.8 Å². The van der Waals surface area contributed by atoms with Gasteiger partial charge in [0.2, 0.25) is 0 Å². The van der Waals surface area contributed by atoms with Crippen LogP contribution in [0, 0.1) is 5.41 Å². The third-order valence-electron chi connectivity index (χ3n) is 8.71. The zero-order valence-electron chi connectivity index (χ0n) is 22.5. The Hall–Kier alpha value is -3.64. The van der Waals surface area contributed by atoms with Crippen molar-refractivity contribution < 1.29 is 9.53 Å². The van der Waals surface area contributed by atoms with Crippen LogP contribution in [0.15, 0.2) is 72.8 Å². The summed E-state index contributed by atoms with van der Waals surface area (Å²) >= 11 is 0. The van der Waals surface area contributed by atoms with Gasteiger partial charge in [0.15, 0.2) is 0 Å². The van der Waals surface area contributed by atoms with Crippen LogP contribution < -0.4 is 10.1 Å². The van der Waals surface area contributed by atoms with Gasteiger partial charge in [-0.25, -0.2) is 0 Å². The van der Waals surface area contributed by atoms with Gasteiger partial charge in [-0.15, -0.1) is 0 Å². The predicted octanol–water partition coefficient (Wildman–Crippen LogP) is 5.80. The van der Waals surface area contributed by atoms with Crippen LogP contribution in [0.25, 0.3) is 22.2 Å². The van der Waals surface area contributed by atoms with Gasteiger partial charge < -0.3 is 15.0 Å². The Kier molecular flexibility index (Phi) is 6.23. The van der Waals surface area contributed by atoms with Gasteiger partial charge in [-0.2, -0.15) is 5.10 Å². The molecule has 0 bridgehead atoms. The Morgan fingerprint density at radius 1 is 1.05 bits per heavy atom. The van der Waals surface area contributed by atoms with Crippen molar-refractivity contribution in [3.63, 3.8) is 0 Å². The lowest BCUT2D eigenvalue weighted by Crippen LogP contribution is -2.35. The molecule has 4 aromatic rings. The Labute approximate surface area is 224 Å². The molecule has 1 aliphatic heterocycles. The smallest absolute Gasteiger partial charge is 0.251 e. The van der Waals surface area contributed by atoms with Crippen LogP contribution in [0.1, 0.15) is 49.0 Å². The lowest BCUT2D eigenvalue weighted by molar-refractivity contribution is 0.0948. The summed E-state index contributed by atoms with van der Waals surface area (Å²) in [5.41, 5.74) is 4.81. The molecule has 1 unspecified atom stereocenters. The van der Waals surface area contributed by atoms with E-state index < -0.39 is 0 Å². The van der Waals surface area contributed by atoms with Gasteiger partial charge in [-0.05, 0) is 79.8 Å². The second kappa shape index (κ2) is 9.59. The number of ether oxygens (including phenoxy) is 1. The molecule has 1 aromatic heterocycles. The Morgan fingerprint density at radius 3 is 2.45 bits per heavy atom. The summed E-state index contributed by atoms with van der Waals surface area (Å²) in [6.07, 6.45) is 3.44. The molecule has 6 heteroatoms. The van der Waals surface area contributed by atoms with Crippen LogP contribution in [0.5, 0.6) is 5.75 Å². The summed E-state index contributed by atoms with van der Waals surface area (Å²) in [6.45, 7) is 7.32. The largest absolute Gasteiger partial charge is 0.490 e. The van der Waals surface area contributed by atoms with Crippen LogP contribution in [0.4, 0.5) is 0 Å². The number of fused-ring (bicyclic) bond motifs is 1. The van der Waals surface area contributed by atoms with E-state index >= 15 is 0 Å². The highest BCUT2D eigenvalue weighted by atomic mass is 16.5. The first kappa shape index (κ1) is 24.7. The molecule has 2 N–H and O–H groups in total. The van der Waals surface area contributed by atoms with Crippen LogP contribution in [0.3, 0.4) is 0 Å². The van der Waals surface area contributed by atoms with Gasteiger partial charge in [-0.3, -0.25) is 9.89 Å². The number of amides is 1. The van der Waals surface area contributed by atoms with Crippen molar-refractivity contribution in [2.75, 3.05) is 26.7 Å². The van der Waals surface area contributed by atoms with Crippen molar-refractivity contribution in [2.45, 2.75) is 44.6 Å². The molecule has 1 saturated heterocycles. The first-order chi connectivity index (χ1) is 18.3. The molecular weight excluding hydrogens is 472 g/mol. The number of nitrogens with zero attached hydrogens (tertiary/aromatic N) is 2. The Morgan fingerprint density at radius 2 is 1.76 bits per heavy atom. The number of hydrogen-bond acceptors (Lipinski definition) is 4. The summed E-state index contributed by atoms with van der Waals surface area (Å²) in [5, 5.41) is 11.9. The molecule has 1 saturated carbocycles. The fraction of sp³-hybridized carbons (Fsp3) is 0.375. The standard InChI is InChI=1S/C32H36N4O2/c1-31(2)20-32(31,24-7-5-4-6-8-24)21-33-30(37)23-11-14-28-27(19-23)29(35-34-28)22-9-12-25(13-10-22)38-26-15-17-36(3)18-16-26/h4-14,19,26H,15-18,20-21H2,1-3H3,(H,33,37)(H,34,35). The van der Waals surface area contributed by atoms with Gasteiger partial charge >= 0.3 is 0 Å². The summed E-state index contributed by atoms with van der Waals surface area (Å²) in [4.78, 5) is 15.6. The van der Waals surface area contributed by atoms with Crippen molar-refractivity contribution in [2.24, 2.45) is 5.41 Å². The molecule has 1 atom stereocenters. The van der Waals surface area contributed by atoms with Gasteiger partial charge in [0, 0.05) is 41.6 Å². The number of aromatic nitrogens is 2. The van der Waals surface area contributed by atoms with Crippen molar-refractivity contribution in [3.05, 3.63) is 83.9 Å². The molecule has 3 aromatic carbocycles. The van der Waals surface area contributed by atoms with Crippen molar-refractivity contribution in [1.82, 2.24) is 20.4 Å². The average Bonchev–Trinajstić information content (AvgIpc) is 3.27. The SMILES string of the molecule is CN1CCC(Oc2ccc(-c3n[nH]c4ccc(C(=O)NCC5(c6ccccc6)CC5(C)C)cc34)cc2)CC1. The number of rotatable bonds is 7. The molecule has 0 spiro atoms. The second-order valence-corrected chi connectivity index (χ2v) is 11.7. The Bertz CT molecular complexity index is 1440. The van der Waals surface area contributed by atoms with E-state index in [1.807, 2.05) is 48.5 Å². The van der Waals surface area contributed by atoms with Gasteiger partial charge in [0.25, 0.3) is 5.91 Å². The van der Waals surface area contributed by atoms with Gasteiger partial charge in [0.1, 0.15) is 11.9 Å². The lowest BCUT2D eigenvalue weighted by atomic mass is 9.87. The highest BCUT2D eigenvalue weighted by Crippen LogP contribution is 2.63. The van der Waals surface area contributed by atoms with E-state index in [0.29, 0.717) is 12.1 Å². The van der Waals surface area contributed by atoms with Crippen LogP contribution in [0.2, 0.25) is 0 Å². The number of hydrogen-bond donors (Lipinski definition) is 2. The average molecular weight is 509 g/mol. The molecule has 6 rings (SSSR count). The van der Waals surface area contributed by atoms with E-state index in [4.69, 9.17) is 4.74 Å². The third-order valence-corrected chi connectivity index (χ3v) is 8.71. The number of carbonyl (C=O) groups excluding carboxylic acids is 1. The van der Waals surface area contributed by atoms with E-state index in [-0.39, 0.29) is 22.8 Å². The quantitative estimate of drug-likeness (QED) is 0.331. The summed E-state index contributed by atoms with van der Waals surface area (Å²) < 4.78 is 6.21. The van der Waals surface area contributed by atoms with E-state index in [9.17, 15) is 4.79 Å². The zero-order chi connectivity index (χ0) is 26.3. The fourth-order valence-electron chi connectivity index (χ4n) is 6.06. The van der Waals surface area contributed by atoms with Crippen LogP contribution in [-0.2, 0) is 5.41 Å². The first-order valence-electron chi connectivity index (χ1n) is 13.6. The summed E-state index contributed by atoms with van der Waals surface area (Å²) in [5.74, 6) is 0.831. The molecule has 1 amide bonds. The summed E-state index contributed by atoms with van der Waals surface area (Å²) in [7, 11) is 2.16. The molecular formula is C32H36N4O2. The van der Waals surface area contributed by atoms with E-state index in [1.54, 1.807) is 0 Å². The maximum atomic E-state index is 13.3. The number of aromatic amines is 1. The van der Waals surface area contributed by atoms with Crippen molar-refractivity contribution >= 4 is 16.8 Å². The zero-order valence-corrected chi connectivity index (χ0v) is 22.5. The minimum atomic E-state index is -0.0565. The molecule has 38 heavy (non-hydrogen) atoms. The van der Waals surface area contributed by atoms with E-state index in [0.717, 1.165) is 60.3 Å². The maximum absolute atomic E-state index is 13.3. The topological polar surface area (TPSA) is 70.2 Å². The Balaban J connectivity index is 1.17. The number of nitrogens with one attached hydrogen (secondary N) is 2. The molecule has 2 aliphatic rings. The molecule has 0 radical (unpaired) electrons. The maximum Gasteiger partial charge on any atom is 0.251 e. The monoisotopic (exact) mass is 508 g/mol. The van der Waals surface area contributed by atoms with Crippen molar-refractivity contribution in [1.29, 1.82) is 0 Å². The predicted molar refractivity (Wildman–Crippen MR) is 152 cm³/mol. The molecule has 2 heterocycles. The summed E-state index contributed by atoms with van der Waals surface area (Å²) in [6, 6.07) is 24.4. The molecule has 6 nitrogen and oxygen atoms in total. The highest BCUT2D eigenvalue weighted by Gasteiger charge is 2.61. The number of piperidine rings is 1. The van der Waals surface area contributed by atoms with Crippen LogP contribution >= 0.6 is 0 Å². The minimum absolute atomic E-state index is 0.0216. The number of carbonyl (C=O) groups is 1. The second-order valence-electron chi connectivity index (χ2n) is 11.7. The highest BCUT2D eigenvalue weighted by molar-refractivity contribution is 6.01. The number of likely N-dealkylation sites (tertiary alicyclic amines) is 1. The third kappa shape index (κ3) is 4.58. The van der Waals surface area contributed by atoms with Gasteiger partial charge in [-0.1, -0.05) is 44.2 Å². The van der Waals surface area contributed by atoms with E-state index in [1.165, 1.54) is 5.56 Å². The molecule has 2 fully saturated rings. The number of benzene rings is 3. The number of H-pyrrole nitrogens is 1. The molecule has 1 aliphatic carbocycles. The van der Waals surface area contributed by atoms with Crippen molar-refractivity contribution in [3.8, 4) is 17.0 Å². The fourth-order valence-corrected chi connectivity index (χ4v) is 6.06. The van der Waals surface area contributed by atoms with Gasteiger partial charge in [0.05, 0.1) is 11.2 Å². The normalized spacial score (nSPS) is 21.3. The lowest BCUT2D eigenvalue weighted by Gasteiger charge is -2.29. The minimum Gasteiger partial charge on any atom is -0.490 e. The van der Waals surface area contributed by atoms with E-state index in [2.05, 4.69) is 65.6 Å². The molecule has 196 valence electrons. The first-order valence-corrected chi connectivity index (χ1v) is 13.6.